The van der Waals surface area contributed by atoms with Gasteiger partial charge in [0.2, 0.25) is 0 Å². The molecule has 1 atom stereocenters. The number of halogens is 1. The van der Waals surface area contributed by atoms with Crippen molar-refractivity contribution in [2.45, 2.75) is 43.9 Å². The van der Waals surface area contributed by atoms with E-state index in [1.807, 2.05) is 11.5 Å². The second-order valence-corrected chi connectivity index (χ2v) is 5.34. The zero-order valence-electron chi connectivity index (χ0n) is 10.5. The van der Waals surface area contributed by atoms with Crippen molar-refractivity contribution >= 4 is 23.6 Å². The molecule has 1 aromatic rings. The number of alkyl halides is 1. The summed E-state index contributed by atoms with van der Waals surface area (Å²) in [7, 11) is 0. The number of hydrogen-bond donors (Lipinski definition) is 1. The topological polar surface area (TPSA) is 60.9 Å². The highest BCUT2D eigenvalue weighted by molar-refractivity contribution is 6.20. The number of nitrogens with two attached hydrogens (primary N) is 1. The van der Waals surface area contributed by atoms with E-state index in [1.54, 1.807) is 12.4 Å². The van der Waals surface area contributed by atoms with Gasteiger partial charge in [0, 0.05) is 31.2 Å². The molecule has 1 aromatic heterocycles. The van der Waals surface area contributed by atoms with Crippen molar-refractivity contribution in [3.05, 3.63) is 23.9 Å². The Labute approximate surface area is 112 Å². The summed E-state index contributed by atoms with van der Waals surface area (Å²) in [6.07, 6.45) is 8.10. The van der Waals surface area contributed by atoms with E-state index >= 15 is 0 Å². The molecule has 1 saturated carbocycles. The SMILES string of the molecule is CC(Cl)c1cnc(C2CCC(=O)CC2)n1/C=C\N. The van der Waals surface area contributed by atoms with Crippen LogP contribution in [0.25, 0.3) is 6.20 Å². The van der Waals surface area contributed by atoms with Gasteiger partial charge in [-0.2, -0.15) is 0 Å². The van der Waals surface area contributed by atoms with Gasteiger partial charge in [0.1, 0.15) is 11.6 Å². The summed E-state index contributed by atoms with van der Waals surface area (Å²) in [4.78, 5) is 15.7. The molecule has 1 unspecified atom stereocenters. The molecule has 0 bridgehead atoms. The summed E-state index contributed by atoms with van der Waals surface area (Å²) in [5.41, 5.74) is 6.42. The lowest BCUT2D eigenvalue weighted by molar-refractivity contribution is -0.120. The van der Waals surface area contributed by atoms with Crippen molar-refractivity contribution in [1.82, 2.24) is 9.55 Å². The minimum Gasteiger partial charge on any atom is -0.403 e. The van der Waals surface area contributed by atoms with Gasteiger partial charge in [0.25, 0.3) is 0 Å². The summed E-state index contributed by atoms with van der Waals surface area (Å²) >= 11 is 6.13. The number of ketones is 1. The number of hydrogen-bond acceptors (Lipinski definition) is 3. The fourth-order valence-corrected chi connectivity index (χ4v) is 2.59. The molecule has 98 valence electrons. The highest BCUT2D eigenvalue weighted by Gasteiger charge is 2.25. The first-order valence-corrected chi connectivity index (χ1v) is 6.68. The first kappa shape index (κ1) is 13.1. The van der Waals surface area contributed by atoms with Crippen LogP contribution >= 0.6 is 11.6 Å². The van der Waals surface area contributed by atoms with Gasteiger partial charge in [0.05, 0.1) is 17.3 Å². The number of aromatic nitrogens is 2. The molecular formula is C13H18ClN3O. The third kappa shape index (κ3) is 2.58. The Kier molecular flexibility index (Phi) is 4.07. The molecule has 0 aliphatic heterocycles. The summed E-state index contributed by atoms with van der Waals surface area (Å²) in [6, 6.07) is 0. The molecule has 2 N–H and O–H groups in total. The van der Waals surface area contributed by atoms with E-state index in [1.165, 1.54) is 6.20 Å². The predicted octanol–water partition coefficient (Wildman–Crippen LogP) is 2.80. The number of Topliss-reactive ketones (excluding diaryl/α,β-unsaturated/α-hetero) is 1. The fraction of sp³-hybridized carbons (Fsp3) is 0.538. The molecule has 2 rings (SSSR count). The lowest BCUT2D eigenvalue weighted by atomic mass is 9.88. The minimum absolute atomic E-state index is 0.118. The Morgan fingerprint density at radius 2 is 2.22 bits per heavy atom. The van der Waals surface area contributed by atoms with Crippen LogP contribution < -0.4 is 5.73 Å². The van der Waals surface area contributed by atoms with Gasteiger partial charge in [-0.15, -0.1) is 11.6 Å². The molecule has 1 aliphatic carbocycles. The van der Waals surface area contributed by atoms with E-state index in [9.17, 15) is 4.79 Å². The summed E-state index contributed by atoms with van der Waals surface area (Å²) in [5.74, 6) is 1.64. The fourth-order valence-electron chi connectivity index (χ4n) is 2.43. The molecule has 1 fully saturated rings. The van der Waals surface area contributed by atoms with Crippen molar-refractivity contribution in [1.29, 1.82) is 0 Å². The lowest BCUT2D eigenvalue weighted by Gasteiger charge is -2.21. The van der Waals surface area contributed by atoms with E-state index in [2.05, 4.69) is 4.98 Å². The summed E-state index contributed by atoms with van der Waals surface area (Å²) in [5, 5.41) is -0.118. The number of rotatable bonds is 3. The highest BCUT2D eigenvalue weighted by atomic mass is 35.5. The Hall–Kier alpha value is -1.29. The van der Waals surface area contributed by atoms with Crippen molar-refractivity contribution in [2.24, 2.45) is 5.73 Å². The van der Waals surface area contributed by atoms with Crippen molar-refractivity contribution in [3.8, 4) is 0 Å². The molecule has 1 heterocycles. The van der Waals surface area contributed by atoms with Crippen LogP contribution in [0.4, 0.5) is 0 Å². The van der Waals surface area contributed by atoms with Gasteiger partial charge >= 0.3 is 0 Å². The normalized spacial score (nSPS) is 19.6. The molecular weight excluding hydrogens is 250 g/mol. The standard InChI is InChI=1S/C13H18ClN3O/c1-9(14)12-8-16-13(17(12)7-6-15)10-2-4-11(18)5-3-10/h6-10H,2-5,15H2,1H3/b7-6-. The highest BCUT2D eigenvalue weighted by Crippen LogP contribution is 2.32. The Balaban J connectivity index is 2.29. The predicted molar refractivity (Wildman–Crippen MR) is 72.2 cm³/mol. The Morgan fingerprint density at radius 3 is 2.78 bits per heavy atom. The van der Waals surface area contributed by atoms with Gasteiger partial charge < -0.3 is 10.3 Å². The first-order chi connectivity index (χ1) is 8.63. The maximum Gasteiger partial charge on any atom is 0.132 e. The van der Waals surface area contributed by atoms with E-state index in [-0.39, 0.29) is 5.38 Å². The van der Waals surface area contributed by atoms with Crippen molar-refractivity contribution < 1.29 is 4.79 Å². The molecule has 5 heteroatoms. The van der Waals surface area contributed by atoms with Gasteiger partial charge in [-0.05, 0) is 19.8 Å². The minimum atomic E-state index is -0.118. The smallest absolute Gasteiger partial charge is 0.132 e. The molecule has 0 saturated heterocycles. The maximum absolute atomic E-state index is 11.3. The average Bonchev–Trinajstić information content (AvgIpc) is 2.74. The molecule has 0 radical (unpaired) electrons. The van der Waals surface area contributed by atoms with Crippen LogP contribution in [0.2, 0.25) is 0 Å². The number of imidazole rings is 1. The second-order valence-electron chi connectivity index (χ2n) is 4.68. The van der Waals surface area contributed by atoms with E-state index in [4.69, 9.17) is 17.3 Å². The number of nitrogens with zero attached hydrogens (tertiary/aromatic N) is 2. The van der Waals surface area contributed by atoms with Gasteiger partial charge in [0.15, 0.2) is 0 Å². The second kappa shape index (κ2) is 5.57. The van der Waals surface area contributed by atoms with Crippen LogP contribution in [0.1, 0.15) is 55.4 Å². The van der Waals surface area contributed by atoms with Crippen LogP contribution in [-0.2, 0) is 4.79 Å². The van der Waals surface area contributed by atoms with Crippen LogP contribution in [-0.4, -0.2) is 15.3 Å². The lowest BCUT2D eigenvalue weighted by Crippen LogP contribution is -2.16. The number of carbonyl (C=O) groups is 1. The van der Waals surface area contributed by atoms with Crippen LogP contribution in [0.5, 0.6) is 0 Å². The number of carbonyl (C=O) groups excluding carboxylic acids is 1. The van der Waals surface area contributed by atoms with Crippen LogP contribution in [0.15, 0.2) is 12.4 Å². The third-order valence-corrected chi connectivity index (χ3v) is 3.63. The molecule has 4 nitrogen and oxygen atoms in total. The maximum atomic E-state index is 11.3. The van der Waals surface area contributed by atoms with E-state index in [0.29, 0.717) is 24.5 Å². The largest absolute Gasteiger partial charge is 0.403 e. The van der Waals surface area contributed by atoms with Gasteiger partial charge in [-0.3, -0.25) is 4.79 Å². The van der Waals surface area contributed by atoms with E-state index < -0.39 is 0 Å². The van der Waals surface area contributed by atoms with Gasteiger partial charge in [-0.25, -0.2) is 4.98 Å². The molecule has 1 aliphatic rings. The van der Waals surface area contributed by atoms with E-state index in [0.717, 1.165) is 24.4 Å². The third-order valence-electron chi connectivity index (χ3n) is 3.41. The first-order valence-electron chi connectivity index (χ1n) is 6.24. The van der Waals surface area contributed by atoms with Crippen LogP contribution in [0.3, 0.4) is 0 Å². The Morgan fingerprint density at radius 1 is 1.56 bits per heavy atom. The molecule has 18 heavy (non-hydrogen) atoms. The average molecular weight is 268 g/mol. The molecule has 0 spiro atoms. The van der Waals surface area contributed by atoms with Gasteiger partial charge in [-0.1, -0.05) is 0 Å². The quantitative estimate of drug-likeness (QED) is 0.857. The van der Waals surface area contributed by atoms with Crippen molar-refractivity contribution in [2.75, 3.05) is 0 Å². The summed E-state index contributed by atoms with van der Waals surface area (Å²) in [6.45, 7) is 1.91. The Bertz CT molecular complexity index is 455. The van der Waals surface area contributed by atoms with Crippen LogP contribution in [0, 0.1) is 0 Å². The monoisotopic (exact) mass is 267 g/mol. The zero-order chi connectivity index (χ0) is 13.1. The van der Waals surface area contributed by atoms with Crippen molar-refractivity contribution in [3.63, 3.8) is 0 Å². The zero-order valence-corrected chi connectivity index (χ0v) is 11.2. The molecule has 0 amide bonds. The summed E-state index contributed by atoms with van der Waals surface area (Å²) < 4.78 is 1.96. The molecule has 0 aromatic carbocycles.